The SMILES string of the molecule is CC(C)(CCOC(C)(C)C(C)(C)CC(O)O)N=O. The molecule has 0 unspecified atom stereocenters. The molecule has 5 heteroatoms. The van der Waals surface area contributed by atoms with E-state index in [1.165, 1.54) is 0 Å². The monoisotopic (exact) mass is 261 g/mol. The molecule has 108 valence electrons. The summed E-state index contributed by atoms with van der Waals surface area (Å²) >= 11 is 0. The summed E-state index contributed by atoms with van der Waals surface area (Å²) in [4.78, 5) is 10.6. The van der Waals surface area contributed by atoms with E-state index < -0.39 is 17.4 Å². The van der Waals surface area contributed by atoms with Gasteiger partial charge in [0.25, 0.3) is 0 Å². The van der Waals surface area contributed by atoms with Crippen molar-refractivity contribution in [2.24, 2.45) is 10.6 Å². The molecule has 0 heterocycles. The molecule has 0 spiro atoms. The van der Waals surface area contributed by atoms with Gasteiger partial charge in [0, 0.05) is 13.0 Å². The van der Waals surface area contributed by atoms with Gasteiger partial charge in [0.2, 0.25) is 0 Å². The van der Waals surface area contributed by atoms with Crippen molar-refractivity contribution in [2.45, 2.75) is 71.8 Å². The summed E-state index contributed by atoms with van der Waals surface area (Å²) in [7, 11) is 0. The smallest absolute Gasteiger partial charge is 0.152 e. The first-order chi connectivity index (χ1) is 7.93. The second-order valence-corrected chi connectivity index (χ2v) is 6.58. The van der Waals surface area contributed by atoms with E-state index in [4.69, 9.17) is 14.9 Å². The first-order valence-corrected chi connectivity index (χ1v) is 6.28. The number of nitrogens with zero attached hydrogens (tertiary/aromatic N) is 1. The third kappa shape index (κ3) is 5.42. The summed E-state index contributed by atoms with van der Waals surface area (Å²) in [6.07, 6.45) is -0.580. The van der Waals surface area contributed by atoms with E-state index in [2.05, 4.69) is 5.18 Å². The van der Waals surface area contributed by atoms with Crippen LogP contribution < -0.4 is 0 Å². The van der Waals surface area contributed by atoms with Gasteiger partial charge in [-0.25, -0.2) is 0 Å². The molecule has 0 aliphatic heterocycles. The van der Waals surface area contributed by atoms with Gasteiger partial charge in [0.05, 0.1) is 11.1 Å². The van der Waals surface area contributed by atoms with Crippen LogP contribution in [0.1, 0.15) is 54.4 Å². The van der Waals surface area contributed by atoms with E-state index in [0.717, 1.165) is 0 Å². The molecule has 0 radical (unpaired) electrons. The Kier molecular flexibility index (Phi) is 5.91. The zero-order valence-electron chi connectivity index (χ0n) is 12.4. The minimum absolute atomic E-state index is 0.231. The molecule has 0 aliphatic carbocycles. The van der Waals surface area contributed by atoms with Gasteiger partial charge in [-0.1, -0.05) is 19.0 Å². The van der Waals surface area contributed by atoms with E-state index in [1.807, 2.05) is 27.7 Å². The average molecular weight is 261 g/mol. The Labute approximate surface area is 110 Å². The van der Waals surface area contributed by atoms with E-state index in [9.17, 15) is 4.91 Å². The van der Waals surface area contributed by atoms with Crippen LogP contribution in [0.25, 0.3) is 0 Å². The Balaban J connectivity index is 4.42. The number of rotatable bonds is 8. The highest BCUT2D eigenvalue weighted by atomic mass is 16.5. The summed E-state index contributed by atoms with van der Waals surface area (Å²) in [5, 5.41) is 21.2. The maximum atomic E-state index is 10.6. The average Bonchev–Trinajstić information content (AvgIpc) is 2.14. The molecule has 0 saturated carbocycles. The molecule has 2 N–H and O–H groups in total. The highest BCUT2D eigenvalue weighted by Crippen LogP contribution is 2.38. The molecule has 0 aliphatic rings. The minimum atomic E-state index is -1.35. The third-order valence-corrected chi connectivity index (χ3v) is 3.75. The molecule has 0 atom stereocenters. The predicted octanol–water partition coefficient (Wildman–Crippen LogP) is 2.44. The quantitative estimate of drug-likeness (QED) is 0.519. The van der Waals surface area contributed by atoms with Crippen molar-refractivity contribution in [2.75, 3.05) is 6.61 Å². The van der Waals surface area contributed by atoms with Crippen molar-refractivity contribution in [1.29, 1.82) is 0 Å². The van der Waals surface area contributed by atoms with Crippen LogP contribution in [0.15, 0.2) is 5.18 Å². The molecule has 5 nitrogen and oxygen atoms in total. The molecule has 0 aromatic carbocycles. The van der Waals surface area contributed by atoms with Gasteiger partial charge in [0.15, 0.2) is 6.29 Å². The van der Waals surface area contributed by atoms with Crippen LogP contribution in [0.2, 0.25) is 0 Å². The third-order valence-electron chi connectivity index (χ3n) is 3.75. The Morgan fingerprint density at radius 3 is 2.00 bits per heavy atom. The van der Waals surface area contributed by atoms with Gasteiger partial charge in [0.1, 0.15) is 0 Å². The maximum absolute atomic E-state index is 10.6. The second kappa shape index (κ2) is 6.08. The Morgan fingerprint density at radius 1 is 1.11 bits per heavy atom. The van der Waals surface area contributed by atoms with Gasteiger partial charge < -0.3 is 14.9 Å². The van der Waals surface area contributed by atoms with Crippen LogP contribution in [0, 0.1) is 10.3 Å². The highest BCUT2D eigenvalue weighted by molar-refractivity contribution is 4.88. The lowest BCUT2D eigenvalue weighted by atomic mass is 9.74. The molecule has 0 bridgehead atoms. The van der Waals surface area contributed by atoms with E-state index in [-0.39, 0.29) is 11.8 Å². The van der Waals surface area contributed by atoms with E-state index in [0.29, 0.717) is 13.0 Å². The number of ether oxygens (including phenoxy) is 1. The minimum Gasteiger partial charge on any atom is -0.375 e. The van der Waals surface area contributed by atoms with Gasteiger partial charge in [-0.05, 0) is 39.5 Å². The molecular weight excluding hydrogens is 234 g/mol. The summed E-state index contributed by atoms with van der Waals surface area (Å²) in [6, 6.07) is 0. The number of aliphatic hydroxyl groups is 2. The summed E-state index contributed by atoms with van der Waals surface area (Å²) in [5.74, 6) is 0. The number of hydrogen-bond donors (Lipinski definition) is 2. The molecule has 0 aromatic rings. The zero-order chi connectivity index (χ0) is 14.6. The van der Waals surface area contributed by atoms with Gasteiger partial charge >= 0.3 is 0 Å². The van der Waals surface area contributed by atoms with E-state index in [1.54, 1.807) is 13.8 Å². The van der Waals surface area contributed by atoms with Crippen molar-refractivity contribution in [1.82, 2.24) is 0 Å². The largest absolute Gasteiger partial charge is 0.375 e. The van der Waals surface area contributed by atoms with Crippen molar-refractivity contribution in [3.05, 3.63) is 4.91 Å². The fourth-order valence-corrected chi connectivity index (χ4v) is 1.50. The van der Waals surface area contributed by atoms with Crippen LogP contribution in [-0.4, -0.2) is 34.2 Å². The highest BCUT2D eigenvalue weighted by Gasteiger charge is 2.39. The normalized spacial score (nSPS) is 14.1. The lowest BCUT2D eigenvalue weighted by Gasteiger charge is -2.42. The molecule has 0 fully saturated rings. The first-order valence-electron chi connectivity index (χ1n) is 6.28. The van der Waals surface area contributed by atoms with Gasteiger partial charge in [-0.2, -0.15) is 4.91 Å². The summed E-state index contributed by atoms with van der Waals surface area (Å²) in [6.45, 7) is 11.6. The first kappa shape index (κ1) is 17.5. The van der Waals surface area contributed by atoms with Gasteiger partial charge in [-0.3, -0.25) is 0 Å². The Bertz CT molecular complexity index is 272. The lowest BCUT2D eigenvalue weighted by Crippen LogP contribution is -2.44. The Morgan fingerprint density at radius 2 is 1.61 bits per heavy atom. The van der Waals surface area contributed by atoms with Crippen molar-refractivity contribution in [3.63, 3.8) is 0 Å². The Hall–Kier alpha value is -0.520. The number of aliphatic hydroxyl groups excluding tert-OH is 1. The van der Waals surface area contributed by atoms with Crippen LogP contribution in [0.5, 0.6) is 0 Å². The fourth-order valence-electron chi connectivity index (χ4n) is 1.50. The summed E-state index contributed by atoms with van der Waals surface area (Å²) in [5.41, 5.74) is -1.54. The van der Waals surface area contributed by atoms with Crippen molar-refractivity contribution >= 4 is 0 Å². The van der Waals surface area contributed by atoms with Crippen LogP contribution >= 0.6 is 0 Å². The van der Waals surface area contributed by atoms with Gasteiger partial charge in [-0.15, -0.1) is 0 Å². The topological polar surface area (TPSA) is 79.1 Å². The standard InChI is InChI=1S/C13H27NO4/c1-11(2,9-10(15)16)13(5,6)18-8-7-12(3,4)14-17/h10,15-16H,7-9H2,1-6H3. The molecule has 0 aromatic heterocycles. The summed E-state index contributed by atoms with van der Waals surface area (Å²) < 4.78 is 5.81. The van der Waals surface area contributed by atoms with Crippen LogP contribution in [0.4, 0.5) is 0 Å². The van der Waals surface area contributed by atoms with Crippen molar-refractivity contribution in [3.8, 4) is 0 Å². The van der Waals surface area contributed by atoms with Crippen molar-refractivity contribution < 1.29 is 14.9 Å². The number of hydrogen-bond acceptors (Lipinski definition) is 5. The van der Waals surface area contributed by atoms with Crippen LogP contribution in [-0.2, 0) is 4.74 Å². The molecular formula is C13H27NO4. The fraction of sp³-hybridized carbons (Fsp3) is 1.00. The predicted molar refractivity (Wildman–Crippen MR) is 71.1 cm³/mol. The van der Waals surface area contributed by atoms with Crippen LogP contribution in [0.3, 0.4) is 0 Å². The zero-order valence-corrected chi connectivity index (χ0v) is 12.4. The molecule has 0 rings (SSSR count). The maximum Gasteiger partial charge on any atom is 0.152 e. The lowest BCUT2D eigenvalue weighted by molar-refractivity contribution is -0.144. The second-order valence-electron chi connectivity index (χ2n) is 6.58. The van der Waals surface area contributed by atoms with E-state index >= 15 is 0 Å². The molecule has 0 saturated heterocycles. The number of nitroso groups, excluding NO2 is 1. The molecule has 0 amide bonds. The molecule has 18 heavy (non-hydrogen) atoms.